The molecule has 6 nitrogen and oxygen atoms in total. The lowest BCUT2D eigenvalue weighted by atomic mass is 9.70. The lowest BCUT2D eigenvalue weighted by molar-refractivity contribution is -0.000748. The molecule has 2 fully saturated rings. The molecule has 0 amide bonds. The average Bonchev–Trinajstić information content (AvgIpc) is 2.94. The van der Waals surface area contributed by atoms with Crippen LogP contribution in [0.15, 0.2) is 48.5 Å². The molecule has 3 atom stereocenters. The number of anilines is 2. The first kappa shape index (κ1) is 25.4. The van der Waals surface area contributed by atoms with Gasteiger partial charge in [-0.2, -0.15) is 0 Å². The maximum Gasteiger partial charge on any atom is 0.342 e. The van der Waals surface area contributed by atoms with Gasteiger partial charge in [-0.05, 0) is 49.1 Å². The summed E-state index contributed by atoms with van der Waals surface area (Å²) in [5, 5.41) is 0. The zero-order valence-electron chi connectivity index (χ0n) is 22.3. The summed E-state index contributed by atoms with van der Waals surface area (Å²) < 4.78 is 6.04. The maximum atomic E-state index is 13.8. The molecule has 0 heterocycles. The lowest BCUT2D eigenvalue weighted by Gasteiger charge is -2.39. The third-order valence-corrected chi connectivity index (χ3v) is 9.03. The Bertz CT molecular complexity index is 1490. The minimum Gasteiger partial charge on any atom is -0.459 e. The number of ketones is 2. The third kappa shape index (κ3) is 4.42. The third-order valence-electron chi connectivity index (χ3n) is 9.03. The fourth-order valence-corrected chi connectivity index (χ4v) is 6.94. The molecule has 4 N–H and O–H groups in total. The molecule has 6 rings (SSSR count). The number of esters is 1. The normalized spacial score (nSPS) is 22.0. The van der Waals surface area contributed by atoms with Gasteiger partial charge in [-0.1, -0.05) is 79.8 Å². The van der Waals surface area contributed by atoms with E-state index in [1.165, 1.54) is 25.7 Å². The number of carbonyl (C=O) groups excluding carboxylic acids is 3. The van der Waals surface area contributed by atoms with Crippen LogP contribution in [0.1, 0.15) is 104 Å². The Morgan fingerprint density at radius 1 is 0.821 bits per heavy atom. The Kier molecular flexibility index (Phi) is 6.49. The Morgan fingerprint density at radius 3 is 2.15 bits per heavy atom. The van der Waals surface area contributed by atoms with Gasteiger partial charge in [0.15, 0.2) is 11.6 Å². The van der Waals surface area contributed by atoms with Crippen molar-refractivity contribution in [2.45, 2.75) is 64.4 Å². The van der Waals surface area contributed by atoms with E-state index in [1.807, 2.05) is 31.2 Å². The molecule has 0 saturated heterocycles. The van der Waals surface area contributed by atoms with Gasteiger partial charge in [-0.3, -0.25) is 9.59 Å². The van der Waals surface area contributed by atoms with Gasteiger partial charge in [0.25, 0.3) is 0 Å². The van der Waals surface area contributed by atoms with Gasteiger partial charge in [0.1, 0.15) is 11.7 Å². The number of fused-ring (bicyclic) bond motifs is 3. The maximum absolute atomic E-state index is 13.8. The molecule has 0 radical (unpaired) electrons. The smallest absolute Gasteiger partial charge is 0.342 e. The summed E-state index contributed by atoms with van der Waals surface area (Å²) in [4.78, 5) is 41.2. The van der Waals surface area contributed by atoms with Gasteiger partial charge in [0, 0.05) is 23.1 Å². The number of nitrogens with two attached hydrogens (primary N) is 2. The van der Waals surface area contributed by atoms with E-state index >= 15 is 0 Å². The van der Waals surface area contributed by atoms with Gasteiger partial charge >= 0.3 is 5.97 Å². The van der Waals surface area contributed by atoms with Crippen LogP contribution in [-0.2, 0) is 11.2 Å². The minimum atomic E-state index is -0.615. The van der Waals surface area contributed by atoms with Crippen LogP contribution in [0.5, 0.6) is 0 Å². The molecule has 3 aliphatic rings. The highest BCUT2D eigenvalue weighted by molar-refractivity contribution is 6.32. The Labute approximate surface area is 228 Å². The zero-order valence-corrected chi connectivity index (χ0v) is 22.3. The van der Waals surface area contributed by atoms with Gasteiger partial charge in [0.2, 0.25) is 0 Å². The number of ether oxygens (including phenoxy) is 1. The van der Waals surface area contributed by atoms with Crippen molar-refractivity contribution in [3.8, 4) is 0 Å². The Hall–Kier alpha value is -3.93. The van der Waals surface area contributed by atoms with E-state index in [9.17, 15) is 14.4 Å². The summed E-state index contributed by atoms with van der Waals surface area (Å²) in [6.07, 6.45) is 7.75. The summed E-state index contributed by atoms with van der Waals surface area (Å²) in [7, 11) is 0. The fourth-order valence-electron chi connectivity index (χ4n) is 6.94. The predicted octanol–water partition coefficient (Wildman–Crippen LogP) is 6.04. The lowest BCUT2D eigenvalue weighted by Crippen LogP contribution is -2.33. The number of nitrogen functional groups attached to an aromatic ring is 2. The highest BCUT2D eigenvalue weighted by Crippen LogP contribution is 2.43. The molecule has 0 spiro atoms. The number of benzene rings is 3. The monoisotopic (exact) mass is 522 g/mol. The molecule has 200 valence electrons. The largest absolute Gasteiger partial charge is 0.459 e. The zero-order chi connectivity index (χ0) is 27.3. The van der Waals surface area contributed by atoms with Crippen molar-refractivity contribution in [1.82, 2.24) is 0 Å². The standard InChI is InChI=1S/C33H34N2O4/c1-18-10-12-19(13-11-18)16-25-26-27(32(37)24-9-5-4-8-23(24)31(26)36)30(35)28(29(25)34)33(38)39-22-15-14-20-6-2-3-7-21(20)17-22/h4-5,8-13,20-22H,2-3,6-7,14-17,34-35H2,1H3. The molecule has 3 aromatic carbocycles. The van der Waals surface area contributed by atoms with Crippen molar-refractivity contribution < 1.29 is 19.1 Å². The van der Waals surface area contributed by atoms with Gasteiger partial charge in [-0.25, -0.2) is 4.79 Å². The highest BCUT2D eigenvalue weighted by atomic mass is 16.5. The number of aryl methyl sites for hydroxylation is 1. The number of carbonyl (C=O) groups is 3. The van der Waals surface area contributed by atoms with Gasteiger partial charge in [0.05, 0.1) is 16.9 Å². The SMILES string of the molecule is Cc1ccc(Cc2c(N)c(C(=O)OC3CCC4CCCCC4C3)c(N)c3c2C(=O)c2ccccc2C3=O)cc1. The molecule has 3 unspecified atom stereocenters. The molecule has 3 aromatic rings. The van der Waals surface area contributed by atoms with Crippen LogP contribution in [0.4, 0.5) is 11.4 Å². The summed E-state index contributed by atoms with van der Waals surface area (Å²) in [6, 6.07) is 14.6. The first-order valence-electron chi connectivity index (χ1n) is 14.0. The second-order valence-electron chi connectivity index (χ2n) is 11.4. The van der Waals surface area contributed by atoms with Crippen molar-refractivity contribution in [1.29, 1.82) is 0 Å². The molecule has 0 aromatic heterocycles. The highest BCUT2D eigenvalue weighted by Gasteiger charge is 2.39. The van der Waals surface area contributed by atoms with Crippen LogP contribution >= 0.6 is 0 Å². The van der Waals surface area contributed by atoms with Crippen LogP contribution in [-0.4, -0.2) is 23.6 Å². The summed E-state index contributed by atoms with van der Waals surface area (Å²) >= 11 is 0. The van der Waals surface area contributed by atoms with Crippen molar-refractivity contribution in [2.75, 3.05) is 11.5 Å². The van der Waals surface area contributed by atoms with E-state index in [1.54, 1.807) is 24.3 Å². The van der Waals surface area contributed by atoms with Crippen LogP contribution in [0.3, 0.4) is 0 Å². The summed E-state index contributed by atoms with van der Waals surface area (Å²) in [6.45, 7) is 2.00. The average molecular weight is 523 g/mol. The van der Waals surface area contributed by atoms with Crippen molar-refractivity contribution in [3.05, 3.63) is 93.0 Å². The van der Waals surface area contributed by atoms with Crippen LogP contribution in [0.2, 0.25) is 0 Å². The van der Waals surface area contributed by atoms with Gasteiger partial charge in [-0.15, -0.1) is 0 Å². The van der Waals surface area contributed by atoms with Crippen LogP contribution in [0, 0.1) is 18.8 Å². The molecular formula is C33H34N2O4. The molecular weight excluding hydrogens is 488 g/mol. The van der Waals surface area contributed by atoms with Crippen LogP contribution < -0.4 is 11.5 Å². The number of rotatable bonds is 4. The predicted molar refractivity (Wildman–Crippen MR) is 151 cm³/mol. The Morgan fingerprint density at radius 2 is 1.46 bits per heavy atom. The number of hydrogen-bond acceptors (Lipinski definition) is 6. The summed E-state index contributed by atoms with van der Waals surface area (Å²) in [5.74, 6) is 0.000850. The molecule has 0 bridgehead atoms. The topological polar surface area (TPSA) is 112 Å². The molecule has 39 heavy (non-hydrogen) atoms. The first-order valence-corrected chi connectivity index (χ1v) is 14.0. The fraction of sp³-hybridized carbons (Fsp3) is 0.364. The van der Waals surface area contributed by atoms with Crippen molar-refractivity contribution in [2.24, 2.45) is 11.8 Å². The second-order valence-corrected chi connectivity index (χ2v) is 11.4. The minimum absolute atomic E-state index is 0.00200. The van der Waals surface area contributed by atoms with Gasteiger partial charge < -0.3 is 16.2 Å². The molecule has 3 aliphatic carbocycles. The van der Waals surface area contributed by atoms with E-state index in [4.69, 9.17) is 16.2 Å². The Balaban J connectivity index is 1.43. The number of hydrogen-bond donors (Lipinski definition) is 2. The summed E-state index contributed by atoms with van der Waals surface area (Å²) in [5.41, 5.74) is 16.6. The molecule has 2 saturated carbocycles. The van der Waals surface area contributed by atoms with Crippen LogP contribution in [0.25, 0.3) is 0 Å². The quantitative estimate of drug-likeness (QED) is 0.250. The van der Waals surface area contributed by atoms with E-state index in [0.29, 0.717) is 17.0 Å². The van der Waals surface area contributed by atoms with E-state index < -0.39 is 5.97 Å². The van der Waals surface area contributed by atoms with E-state index in [0.717, 1.165) is 36.3 Å². The second kappa shape index (κ2) is 9.99. The van der Waals surface area contributed by atoms with Crippen molar-refractivity contribution >= 4 is 28.9 Å². The van der Waals surface area contributed by atoms with Crippen molar-refractivity contribution in [3.63, 3.8) is 0 Å². The molecule has 6 heteroatoms. The molecule has 0 aliphatic heterocycles. The first-order chi connectivity index (χ1) is 18.8. The van der Waals surface area contributed by atoms with E-state index in [2.05, 4.69) is 0 Å². The van der Waals surface area contributed by atoms with E-state index in [-0.39, 0.29) is 57.7 Å².